The van der Waals surface area contributed by atoms with E-state index >= 15 is 0 Å². The molecule has 2 amide bonds. The molecule has 1 atom stereocenters. The minimum atomic E-state index is -4.74. The van der Waals surface area contributed by atoms with Gasteiger partial charge in [-0.2, -0.15) is 13.2 Å². The van der Waals surface area contributed by atoms with Crippen molar-refractivity contribution < 1.29 is 35.6 Å². The zero-order valence-corrected chi connectivity index (χ0v) is 22.7. The summed E-state index contributed by atoms with van der Waals surface area (Å²) < 4.78 is 79.6. The number of alkyl halides is 3. The van der Waals surface area contributed by atoms with Crippen LogP contribution in [0.15, 0.2) is 78.9 Å². The number of benzene rings is 3. The second kappa shape index (κ2) is 12.9. The van der Waals surface area contributed by atoms with E-state index in [1.165, 1.54) is 24.3 Å². The molecular weight excluding hydrogens is 550 g/mol. The molecule has 0 fully saturated rings. The van der Waals surface area contributed by atoms with Crippen molar-refractivity contribution in [2.45, 2.75) is 32.1 Å². The van der Waals surface area contributed by atoms with Crippen LogP contribution in [0.2, 0.25) is 0 Å². The Labute approximate surface area is 230 Å². The van der Waals surface area contributed by atoms with Crippen LogP contribution in [-0.2, 0) is 38.8 Å². The lowest BCUT2D eigenvalue weighted by molar-refractivity contribution is -0.140. The van der Waals surface area contributed by atoms with Gasteiger partial charge in [0, 0.05) is 19.5 Å². The highest BCUT2D eigenvalue weighted by Crippen LogP contribution is 2.32. The number of carbonyl (C=O) groups is 2. The van der Waals surface area contributed by atoms with Crippen molar-refractivity contribution in [3.05, 3.63) is 101 Å². The number of sulfonamides is 1. The third-order valence-corrected chi connectivity index (χ3v) is 7.17. The van der Waals surface area contributed by atoms with E-state index in [9.17, 15) is 35.6 Å². The van der Waals surface area contributed by atoms with Crippen LogP contribution in [0, 0.1) is 5.82 Å². The van der Waals surface area contributed by atoms with Gasteiger partial charge < -0.3 is 10.2 Å². The lowest BCUT2D eigenvalue weighted by Crippen LogP contribution is -2.53. The molecule has 7 nitrogen and oxygen atoms in total. The van der Waals surface area contributed by atoms with Crippen LogP contribution in [0.1, 0.15) is 23.6 Å². The molecule has 3 aromatic rings. The average molecular weight is 580 g/mol. The fraction of sp³-hybridized carbons (Fsp3) is 0.286. The Morgan fingerprint density at radius 2 is 1.57 bits per heavy atom. The summed E-state index contributed by atoms with van der Waals surface area (Å²) >= 11 is 0. The van der Waals surface area contributed by atoms with E-state index in [2.05, 4.69) is 5.32 Å². The van der Waals surface area contributed by atoms with Gasteiger partial charge in [0.25, 0.3) is 0 Å². The number of halogens is 4. The largest absolute Gasteiger partial charge is 0.416 e. The van der Waals surface area contributed by atoms with E-state index in [-0.39, 0.29) is 25.2 Å². The summed E-state index contributed by atoms with van der Waals surface area (Å²) in [5.41, 5.74) is -0.265. The summed E-state index contributed by atoms with van der Waals surface area (Å²) in [5, 5.41) is 2.69. The van der Waals surface area contributed by atoms with Gasteiger partial charge in [-0.15, -0.1) is 0 Å². The third-order valence-electron chi connectivity index (χ3n) is 6.03. The Kier molecular flexibility index (Phi) is 9.91. The summed E-state index contributed by atoms with van der Waals surface area (Å²) in [4.78, 5) is 28.2. The predicted octanol–water partition coefficient (Wildman–Crippen LogP) is 4.39. The van der Waals surface area contributed by atoms with Crippen molar-refractivity contribution in [3.8, 4) is 0 Å². The molecule has 0 aromatic heterocycles. The Morgan fingerprint density at radius 3 is 2.15 bits per heavy atom. The lowest BCUT2D eigenvalue weighted by atomic mass is 10.0. The summed E-state index contributed by atoms with van der Waals surface area (Å²) in [6.07, 6.45) is -3.89. The number of likely N-dealkylation sites (N-methyl/N-ethyl adjacent to an activating group) is 1. The molecule has 0 saturated heterocycles. The van der Waals surface area contributed by atoms with Crippen molar-refractivity contribution in [1.82, 2.24) is 10.2 Å². The van der Waals surface area contributed by atoms with Gasteiger partial charge in [0.05, 0.1) is 17.5 Å². The molecule has 12 heteroatoms. The van der Waals surface area contributed by atoms with Crippen LogP contribution < -0.4 is 9.62 Å². The molecule has 1 unspecified atom stereocenters. The molecule has 0 heterocycles. The first-order chi connectivity index (χ1) is 18.8. The van der Waals surface area contributed by atoms with Crippen molar-refractivity contribution in [3.63, 3.8) is 0 Å². The molecule has 0 spiro atoms. The minimum Gasteiger partial charge on any atom is -0.355 e. The molecule has 1 N–H and O–H groups in total. The SMILES string of the molecule is CCNC(=O)C(Cc1ccccc1)N(Cc1ccc(F)cc1)C(=O)CN(c1cccc(C(F)(F)F)c1)S(C)(=O)=O. The number of anilines is 1. The van der Waals surface area contributed by atoms with Crippen LogP contribution in [0.4, 0.5) is 23.2 Å². The van der Waals surface area contributed by atoms with E-state index in [1.54, 1.807) is 37.3 Å². The molecule has 0 aliphatic rings. The van der Waals surface area contributed by atoms with Crippen molar-refractivity contribution in [2.75, 3.05) is 23.7 Å². The summed E-state index contributed by atoms with van der Waals surface area (Å²) in [5.74, 6) is -1.86. The van der Waals surface area contributed by atoms with E-state index in [1.807, 2.05) is 0 Å². The van der Waals surface area contributed by atoms with Gasteiger partial charge in [0.15, 0.2) is 0 Å². The third kappa shape index (κ3) is 8.28. The highest BCUT2D eigenvalue weighted by molar-refractivity contribution is 7.92. The molecule has 3 aromatic carbocycles. The van der Waals surface area contributed by atoms with Crippen LogP contribution in [0.5, 0.6) is 0 Å². The summed E-state index contributed by atoms with van der Waals surface area (Å²) in [6.45, 7) is 0.894. The normalized spacial score (nSPS) is 12.4. The first-order valence-corrected chi connectivity index (χ1v) is 14.1. The van der Waals surface area contributed by atoms with Gasteiger partial charge in [-0.25, -0.2) is 12.8 Å². The van der Waals surface area contributed by atoms with Gasteiger partial charge in [0.2, 0.25) is 21.8 Å². The quantitative estimate of drug-likeness (QED) is 0.342. The van der Waals surface area contributed by atoms with Crippen molar-refractivity contribution in [1.29, 1.82) is 0 Å². The van der Waals surface area contributed by atoms with Crippen LogP contribution in [0.25, 0.3) is 0 Å². The molecule has 0 aliphatic carbocycles. The Bertz CT molecular complexity index is 1420. The molecular formula is C28H29F4N3O4S. The highest BCUT2D eigenvalue weighted by Gasteiger charge is 2.34. The number of rotatable bonds is 11. The van der Waals surface area contributed by atoms with Gasteiger partial charge >= 0.3 is 6.18 Å². The maximum atomic E-state index is 13.8. The number of amides is 2. The monoisotopic (exact) mass is 579 g/mol. The number of carbonyl (C=O) groups excluding carboxylic acids is 2. The topological polar surface area (TPSA) is 86.8 Å². The average Bonchev–Trinajstić information content (AvgIpc) is 2.90. The Hall–Kier alpha value is -3.93. The van der Waals surface area contributed by atoms with E-state index in [0.717, 1.165) is 29.4 Å². The number of hydrogen-bond donors (Lipinski definition) is 1. The first kappa shape index (κ1) is 30.6. The predicted molar refractivity (Wildman–Crippen MR) is 143 cm³/mol. The van der Waals surface area contributed by atoms with Crippen molar-refractivity contribution >= 4 is 27.5 Å². The second-order valence-corrected chi connectivity index (χ2v) is 11.0. The Morgan fingerprint density at radius 1 is 0.925 bits per heavy atom. The van der Waals surface area contributed by atoms with Crippen molar-refractivity contribution in [2.24, 2.45) is 0 Å². The standard InChI is InChI=1S/C28H29F4N3O4S/c1-3-33-27(37)25(16-20-8-5-4-6-9-20)34(18-21-12-14-23(29)15-13-21)26(36)19-35(40(2,38)39)24-11-7-10-22(17-24)28(30,31)32/h4-15,17,25H,3,16,18-19H2,1-2H3,(H,33,37). The zero-order valence-electron chi connectivity index (χ0n) is 21.9. The zero-order chi connectivity index (χ0) is 29.5. The fourth-order valence-corrected chi connectivity index (χ4v) is 4.93. The fourth-order valence-electron chi connectivity index (χ4n) is 4.08. The number of hydrogen-bond acceptors (Lipinski definition) is 4. The Balaban J connectivity index is 2.06. The van der Waals surface area contributed by atoms with Gasteiger partial charge in [-0.1, -0.05) is 48.5 Å². The van der Waals surface area contributed by atoms with Crippen LogP contribution in [0.3, 0.4) is 0 Å². The molecule has 0 saturated carbocycles. The van der Waals surface area contributed by atoms with E-state index in [0.29, 0.717) is 21.5 Å². The molecule has 40 heavy (non-hydrogen) atoms. The van der Waals surface area contributed by atoms with Crippen LogP contribution >= 0.6 is 0 Å². The highest BCUT2D eigenvalue weighted by atomic mass is 32.2. The summed E-state index contributed by atoms with van der Waals surface area (Å²) in [6, 6.07) is 16.6. The van der Waals surface area contributed by atoms with Crippen LogP contribution in [-0.4, -0.2) is 50.5 Å². The molecule has 214 valence electrons. The lowest BCUT2D eigenvalue weighted by Gasteiger charge is -2.33. The number of nitrogens with zero attached hydrogens (tertiary/aromatic N) is 2. The second-order valence-electron chi connectivity index (χ2n) is 9.07. The minimum absolute atomic E-state index is 0.0715. The maximum absolute atomic E-state index is 13.8. The first-order valence-electron chi connectivity index (χ1n) is 12.3. The molecule has 0 aliphatic heterocycles. The smallest absolute Gasteiger partial charge is 0.355 e. The molecule has 3 rings (SSSR count). The van der Waals surface area contributed by atoms with E-state index in [4.69, 9.17) is 0 Å². The van der Waals surface area contributed by atoms with Gasteiger partial charge in [-0.3, -0.25) is 13.9 Å². The maximum Gasteiger partial charge on any atom is 0.416 e. The number of nitrogens with one attached hydrogen (secondary N) is 1. The molecule has 0 radical (unpaired) electrons. The molecule has 0 bridgehead atoms. The van der Waals surface area contributed by atoms with Gasteiger partial charge in [0.1, 0.15) is 18.4 Å². The summed E-state index contributed by atoms with van der Waals surface area (Å²) in [7, 11) is -4.23. The van der Waals surface area contributed by atoms with E-state index < -0.39 is 52.0 Å². The van der Waals surface area contributed by atoms with Gasteiger partial charge in [-0.05, 0) is 48.4 Å².